The molecule has 0 atom stereocenters. The van der Waals surface area contributed by atoms with Gasteiger partial charge in [0.1, 0.15) is 0 Å². The van der Waals surface area contributed by atoms with Crippen molar-refractivity contribution in [2.75, 3.05) is 0 Å². The number of pyridine rings is 1. The summed E-state index contributed by atoms with van der Waals surface area (Å²) in [4.78, 5) is 15.7. The van der Waals surface area contributed by atoms with Gasteiger partial charge in [-0.3, -0.25) is 14.5 Å². The Balaban J connectivity index is 2.54. The van der Waals surface area contributed by atoms with Crippen LogP contribution in [0.4, 0.5) is 13.2 Å². The molecule has 0 N–H and O–H groups in total. The summed E-state index contributed by atoms with van der Waals surface area (Å²) in [6, 6.07) is 0.791. The van der Waals surface area contributed by atoms with Crippen molar-refractivity contribution in [3.8, 4) is 0 Å². The van der Waals surface area contributed by atoms with E-state index in [4.69, 9.17) is 0 Å². The van der Waals surface area contributed by atoms with Gasteiger partial charge in [0.15, 0.2) is 5.78 Å². The second kappa shape index (κ2) is 4.49. The van der Waals surface area contributed by atoms with E-state index < -0.39 is 23.1 Å². The molecule has 0 aliphatic rings. The molecule has 0 amide bonds. The van der Waals surface area contributed by atoms with Crippen molar-refractivity contribution in [2.24, 2.45) is 7.05 Å². The van der Waals surface area contributed by atoms with Gasteiger partial charge in [-0.2, -0.15) is 18.3 Å². The molecule has 0 aliphatic carbocycles. The predicted molar refractivity (Wildman–Crippen MR) is 60.6 cm³/mol. The molecule has 19 heavy (non-hydrogen) atoms. The van der Waals surface area contributed by atoms with Gasteiger partial charge in [0.05, 0.1) is 22.9 Å². The highest BCUT2D eigenvalue weighted by Gasteiger charge is 2.35. The molecule has 0 radical (unpaired) electrons. The van der Waals surface area contributed by atoms with Crippen molar-refractivity contribution in [2.45, 2.75) is 13.1 Å². The van der Waals surface area contributed by atoms with Gasteiger partial charge in [-0.1, -0.05) is 0 Å². The van der Waals surface area contributed by atoms with Crippen molar-refractivity contribution >= 4 is 5.78 Å². The Hall–Kier alpha value is -2.18. The van der Waals surface area contributed by atoms with Crippen molar-refractivity contribution in [3.63, 3.8) is 0 Å². The Morgan fingerprint density at radius 2 is 1.95 bits per heavy atom. The van der Waals surface area contributed by atoms with Crippen molar-refractivity contribution in [3.05, 3.63) is 47.0 Å². The quantitative estimate of drug-likeness (QED) is 0.786. The van der Waals surface area contributed by atoms with Crippen LogP contribution in [0.25, 0.3) is 0 Å². The Morgan fingerprint density at radius 3 is 2.47 bits per heavy atom. The Kier molecular flexibility index (Phi) is 3.13. The summed E-state index contributed by atoms with van der Waals surface area (Å²) in [7, 11) is 1.61. The first kappa shape index (κ1) is 13.3. The first-order chi connectivity index (χ1) is 8.82. The number of carbonyl (C=O) groups is 1. The van der Waals surface area contributed by atoms with Gasteiger partial charge in [-0.15, -0.1) is 0 Å². The van der Waals surface area contributed by atoms with E-state index in [2.05, 4.69) is 10.1 Å². The number of hydrogen-bond donors (Lipinski definition) is 0. The number of aromatic nitrogens is 3. The molecule has 2 aromatic rings. The SMILES string of the molecule is Cc1c(C(=O)c2cnccc2C(F)(F)F)cnn1C. The molecule has 4 nitrogen and oxygen atoms in total. The molecule has 7 heteroatoms. The largest absolute Gasteiger partial charge is 0.417 e. The average Bonchev–Trinajstić information content (AvgIpc) is 2.68. The monoisotopic (exact) mass is 269 g/mol. The van der Waals surface area contributed by atoms with E-state index in [1.165, 1.54) is 10.9 Å². The van der Waals surface area contributed by atoms with E-state index in [9.17, 15) is 18.0 Å². The second-order valence-corrected chi connectivity index (χ2v) is 4.02. The van der Waals surface area contributed by atoms with E-state index >= 15 is 0 Å². The number of rotatable bonds is 2. The second-order valence-electron chi connectivity index (χ2n) is 4.02. The molecule has 0 spiro atoms. The maximum Gasteiger partial charge on any atom is 0.417 e. The molecule has 0 aromatic carbocycles. The highest BCUT2D eigenvalue weighted by molar-refractivity contribution is 6.10. The van der Waals surface area contributed by atoms with E-state index in [0.717, 1.165) is 18.5 Å². The fraction of sp³-hybridized carbons (Fsp3) is 0.250. The molecule has 0 saturated carbocycles. The van der Waals surface area contributed by atoms with Crippen LogP contribution in [0.3, 0.4) is 0 Å². The minimum atomic E-state index is -4.59. The third kappa shape index (κ3) is 2.35. The molecule has 2 rings (SSSR count). The third-order valence-corrected chi connectivity index (χ3v) is 2.85. The number of ketones is 1. The normalized spacial score (nSPS) is 11.6. The summed E-state index contributed by atoms with van der Waals surface area (Å²) in [6.45, 7) is 1.61. The zero-order valence-electron chi connectivity index (χ0n) is 10.2. The zero-order valence-corrected chi connectivity index (χ0v) is 10.2. The molecule has 0 aliphatic heterocycles. The van der Waals surface area contributed by atoms with Crippen LogP contribution in [0.2, 0.25) is 0 Å². The molecule has 0 fully saturated rings. The van der Waals surface area contributed by atoms with Gasteiger partial charge in [0.2, 0.25) is 0 Å². The van der Waals surface area contributed by atoms with Gasteiger partial charge in [0.25, 0.3) is 0 Å². The summed E-state index contributed by atoms with van der Waals surface area (Å²) in [6.07, 6.45) is -1.40. The Morgan fingerprint density at radius 1 is 1.26 bits per heavy atom. The fourth-order valence-corrected chi connectivity index (χ4v) is 1.69. The molecule has 100 valence electrons. The van der Waals surface area contributed by atoms with Crippen molar-refractivity contribution < 1.29 is 18.0 Å². The van der Waals surface area contributed by atoms with Crippen LogP contribution in [0.5, 0.6) is 0 Å². The lowest BCUT2D eigenvalue weighted by Gasteiger charge is -2.10. The van der Waals surface area contributed by atoms with Crippen LogP contribution in [0, 0.1) is 6.92 Å². The molecule has 0 saturated heterocycles. The van der Waals surface area contributed by atoms with Crippen LogP contribution in [0.1, 0.15) is 27.2 Å². The number of hydrogen-bond acceptors (Lipinski definition) is 3. The summed E-state index contributed by atoms with van der Waals surface area (Å²) in [5, 5.41) is 3.85. The van der Waals surface area contributed by atoms with E-state index in [1.807, 2.05) is 0 Å². The molecule has 0 unspecified atom stereocenters. The lowest BCUT2D eigenvalue weighted by molar-refractivity contribution is -0.137. The third-order valence-electron chi connectivity index (χ3n) is 2.85. The van der Waals surface area contributed by atoms with E-state index in [1.54, 1.807) is 14.0 Å². The first-order valence-electron chi connectivity index (χ1n) is 5.37. The maximum atomic E-state index is 12.8. The highest BCUT2D eigenvalue weighted by atomic mass is 19.4. The van der Waals surface area contributed by atoms with Gasteiger partial charge in [-0.25, -0.2) is 0 Å². The van der Waals surface area contributed by atoms with Crippen LogP contribution in [0.15, 0.2) is 24.7 Å². The predicted octanol–water partition coefficient (Wildman–Crippen LogP) is 2.37. The van der Waals surface area contributed by atoms with Crippen molar-refractivity contribution in [1.82, 2.24) is 14.8 Å². The average molecular weight is 269 g/mol. The Labute approximate surface area is 106 Å². The zero-order chi connectivity index (χ0) is 14.2. The smallest absolute Gasteiger partial charge is 0.288 e. The first-order valence-corrected chi connectivity index (χ1v) is 5.37. The summed E-state index contributed by atoms with van der Waals surface area (Å²) in [5.41, 5.74) is -0.815. The maximum absolute atomic E-state index is 12.8. The molecule has 2 aromatic heterocycles. The number of halogens is 3. The molecule has 2 heterocycles. The van der Waals surface area contributed by atoms with Gasteiger partial charge >= 0.3 is 6.18 Å². The minimum Gasteiger partial charge on any atom is -0.288 e. The van der Waals surface area contributed by atoms with E-state index in [-0.39, 0.29) is 5.56 Å². The number of nitrogens with zero attached hydrogens (tertiary/aromatic N) is 3. The highest BCUT2D eigenvalue weighted by Crippen LogP contribution is 2.32. The topological polar surface area (TPSA) is 47.8 Å². The van der Waals surface area contributed by atoms with Crippen LogP contribution < -0.4 is 0 Å². The van der Waals surface area contributed by atoms with Crippen LogP contribution in [-0.2, 0) is 13.2 Å². The number of carbonyl (C=O) groups excluding carboxylic acids is 1. The number of aryl methyl sites for hydroxylation is 1. The standard InChI is InChI=1S/C12H10F3N3O/c1-7-8(6-17-18(7)2)11(19)9-5-16-4-3-10(9)12(13,14)15/h3-6H,1-2H3. The Bertz CT molecular complexity index is 631. The summed E-state index contributed by atoms with van der Waals surface area (Å²) >= 11 is 0. The summed E-state index contributed by atoms with van der Waals surface area (Å²) in [5.74, 6) is -0.731. The molecular formula is C12H10F3N3O. The minimum absolute atomic E-state index is 0.140. The number of alkyl halides is 3. The van der Waals surface area contributed by atoms with Gasteiger partial charge in [-0.05, 0) is 13.0 Å². The lowest BCUT2D eigenvalue weighted by atomic mass is 10.0. The van der Waals surface area contributed by atoms with Crippen LogP contribution in [-0.4, -0.2) is 20.5 Å². The lowest BCUT2D eigenvalue weighted by Crippen LogP contribution is -2.14. The van der Waals surface area contributed by atoms with E-state index in [0.29, 0.717) is 5.69 Å². The van der Waals surface area contributed by atoms with Crippen molar-refractivity contribution in [1.29, 1.82) is 0 Å². The molecular weight excluding hydrogens is 259 g/mol. The fourth-order valence-electron chi connectivity index (χ4n) is 1.69. The summed E-state index contributed by atoms with van der Waals surface area (Å²) < 4.78 is 39.9. The molecule has 0 bridgehead atoms. The van der Waals surface area contributed by atoms with Gasteiger partial charge < -0.3 is 0 Å². The van der Waals surface area contributed by atoms with Crippen LogP contribution >= 0.6 is 0 Å². The van der Waals surface area contributed by atoms with Gasteiger partial charge in [0, 0.05) is 25.1 Å².